The molecule has 1 aliphatic carbocycles. The molecule has 1 aromatic heterocycles. The standard InChI is InChI=1S/C18H22N2O/c1-13-10-12-20-17(19)16(13)18(21)11-6-5-9-15(18)14-7-3-2-4-8-14/h2-4,7-8,10,12,15,21H,5-6,9,11H2,1H3,(H2,19,20). The van der Waals surface area contributed by atoms with Crippen molar-refractivity contribution in [2.75, 3.05) is 5.73 Å². The molecule has 3 rings (SSSR count). The van der Waals surface area contributed by atoms with Crippen molar-refractivity contribution in [3.05, 3.63) is 59.3 Å². The number of hydrogen-bond acceptors (Lipinski definition) is 3. The summed E-state index contributed by atoms with van der Waals surface area (Å²) in [4.78, 5) is 4.21. The van der Waals surface area contributed by atoms with Crippen LogP contribution in [0.2, 0.25) is 0 Å². The van der Waals surface area contributed by atoms with Gasteiger partial charge in [-0.05, 0) is 37.0 Å². The number of aliphatic hydroxyl groups is 1. The van der Waals surface area contributed by atoms with Crippen LogP contribution in [-0.4, -0.2) is 10.1 Å². The second-order valence-corrected chi connectivity index (χ2v) is 6.02. The Balaban J connectivity index is 2.12. The van der Waals surface area contributed by atoms with Crippen LogP contribution in [-0.2, 0) is 5.60 Å². The van der Waals surface area contributed by atoms with E-state index in [1.54, 1.807) is 6.20 Å². The summed E-state index contributed by atoms with van der Waals surface area (Å²) in [5.74, 6) is 0.540. The molecule has 1 saturated carbocycles. The van der Waals surface area contributed by atoms with Gasteiger partial charge in [0.15, 0.2) is 0 Å². The number of nitrogens with two attached hydrogens (primary N) is 1. The zero-order valence-corrected chi connectivity index (χ0v) is 12.4. The summed E-state index contributed by atoms with van der Waals surface area (Å²) >= 11 is 0. The lowest BCUT2D eigenvalue weighted by molar-refractivity contribution is -0.0225. The molecule has 2 unspecified atom stereocenters. The van der Waals surface area contributed by atoms with Gasteiger partial charge in [0.1, 0.15) is 11.4 Å². The van der Waals surface area contributed by atoms with Gasteiger partial charge < -0.3 is 10.8 Å². The fourth-order valence-corrected chi connectivity index (χ4v) is 3.73. The third-order valence-electron chi connectivity index (χ3n) is 4.70. The number of pyridine rings is 1. The maximum atomic E-state index is 11.5. The highest BCUT2D eigenvalue weighted by molar-refractivity contribution is 5.50. The molecule has 3 nitrogen and oxygen atoms in total. The van der Waals surface area contributed by atoms with Crippen LogP contribution < -0.4 is 5.73 Å². The van der Waals surface area contributed by atoms with Crippen LogP contribution in [0.3, 0.4) is 0 Å². The molecule has 1 heterocycles. The van der Waals surface area contributed by atoms with Crippen LogP contribution in [0.4, 0.5) is 5.82 Å². The molecule has 3 heteroatoms. The number of aryl methyl sites for hydroxylation is 1. The maximum absolute atomic E-state index is 11.5. The Morgan fingerprint density at radius 1 is 1.19 bits per heavy atom. The number of hydrogen-bond donors (Lipinski definition) is 2. The average molecular weight is 282 g/mol. The summed E-state index contributed by atoms with van der Waals surface area (Å²) < 4.78 is 0. The van der Waals surface area contributed by atoms with E-state index in [0.717, 1.165) is 36.8 Å². The molecule has 21 heavy (non-hydrogen) atoms. The van der Waals surface area contributed by atoms with Crippen LogP contribution in [0.1, 0.15) is 48.3 Å². The van der Waals surface area contributed by atoms with Gasteiger partial charge in [0.25, 0.3) is 0 Å². The summed E-state index contributed by atoms with van der Waals surface area (Å²) in [6, 6.07) is 12.2. The Hall–Kier alpha value is -1.87. The molecular formula is C18H22N2O. The summed E-state index contributed by atoms with van der Waals surface area (Å²) in [6.45, 7) is 2.00. The second kappa shape index (κ2) is 5.49. The van der Waals surface area contributed by atoms with Gasteiger partial charge in [-0.25, -0.2) is 4.98 Å². The van der Waals surface area contributed by atoms with E-state index in [1.165, 1.54) is 5.56 Å². The smallest absolute Gasteiger partial charge is 0.129 e. The van der Waals surface area contributed by atoms with Gasteiger partial charge in [-0.1, -0.05) is 43.2 Å². The highest BCUT2D eigenvalue weighted by atomic mass is 16.3. The van der Waals surface area contributed by atoms with Crippen molar-refractivity contribution in [3.63, 3.8) is 0 Å². The molecule has 0 amide bonds. The average Bonchev–Trinajstić information content (AvgIpc) is 2.48. The van der Waals surface area contributed by atoms with Crippen LogP contribution in [0.5, 0.6) is 0 Å². The van der Waals surface area contributed by atoms with Gasteiger partial charge in [-0.2, -0.15) is 0 Å². The first-order chi connectivity index (χ1) is 10.1. The number of nitrogens with zero attached hydrogens (tertiary/aromatic N) is 1. The zero-order valence-electron chi connectivity index (χ0n) is 12.4. The molecule has 0 saturated heterocycles. The molecule has 0 aliphatic heterocycles. The number of aromatic nitrogens is 1. The predicted octanol–water partition coefficient (Wildman–Crippen LogP) is 3.52. The largest absolute Gasteiger partial charge is 0.384 e. The first-order valence-electron chi connectivity index (χ1n) is 7.62. The molecule has 1 aromatic carbocycles. The zero-order chi connectivity index (χ0) is 14.9. The molecule has 0 spiro atoms. The van der Waals surface area contributed by atoms with Crippen LogP contribution >= 0.6 is 0 Å². The Morgan fingerprint density at radius 3 is 2.67 bits per heavy atom. The highest BCUT2D eigenvalue weighted by Gasteiger charge is 2.43. The molecule has 110 valence electrons. The van der Waals surface area contributed by atoms with Gasteiger partial charge in [-0.15, -0.1) is 0 Å². The third kappa shape index (κ3) is 2.42. The van der Waals surface area contributed by atoms with E-state index in [1.807, 2.05) is 31.2 Å². The first-order valence-corrected chi connectivity index (χ1v) is 7.62. The quantitative estimate of drug-likeness (QED) is 0.886. The molecular weight excluding hydrogens is 260 g/mol. The van der Waals surface area contributed by atoms with Gasteiger partial charge in [0.2, 0.25) is 0 Å². The van der Waals surface area contributed by atoms with Gasteiger partial charge >= 0.3 is 0 Å². The Labute approximate surface area is 125 Å². The number of nitrogen functional groups attached to an aromatic ring is 1. The minimum absolute atomic E-state index is 0.0812. The minimum atomic E-state index is -0.915. The topological polar surface area (TPSA) is 59.1 Å². The molecule has 0 bridgehead atoms. The SMILES string of the molecule is Cc1ccnc(N)c1C1(O)CCCCC1c1ccccc1. The Morgan fingerprint density at radius 2 is 1.95 bits per heavy atom. The van der Waals surface area contributed by atoms with Crippen molar-refractivity contribution < 1.29 is 5.11 Å². The van der Waals surface area contributed by atoms with Crippen LogP contribution in [0, 0.1) is 6.92 Å². The summed E-state index contributed by atoms with van der Waals surface area (Å²) in [7, 11) is 0. The van der Waals surface area contributed by atoms with E-state index in [4.69, 9.17) is 5.73 Å². The molecule has 3 N–H and O–H groups in total. The molecule has 2 aromatic rings. The number of benzene rings is 1. The molecule has 1 fully saturated rings. The lowest BCUT2D eigenvalue weighted by Gasteiger charge is -2.41. The van der Waals surface area contributed by atoms with E-state index >= 15 is 0 Å². The van der Waals surface area contributed by atoms with Gasteiger partial charge in [0, 0.05) is 17.7 Å². The van der Waals surface area contributed by atoms with Crippen LogP contribution in [0.15, 0.2) is 42.6 Å². The van der Waals surface area contributed by atoms with Gasteiger partial charge in [-0.3, -0.25) is 0 Å². The van der Waals surface area contributed by atoms with Crippen molar-refractivity contribution >= 4 is 5.82 Å². The minimum Gasteiger partial charge on any atom is -0.384 e. The van der Waals surface area contributed by atoms with Crippen LogP contribution in [0.25, 0.3) is 0 Å². The van der Waals surface area contributed by atoms with Crippen molar-refractivity contribution in [1.82, 2.24) is 4.98 Å². The van der Waals surface area contributed by atoms with E-state index < -0.39 is 5.60 Å². The highest BCUT2D eigenvalue weighted by Crippen LogP contribution is 2.49. The second-order valence-electron chi connectivity index (χ2n) is 6.02. The lowest BCUT2D eigenvalue weighted by Crippen LogP contribution is -2.38. The fraction of sp³-hybridized carbons (Fsp3) is 0.389. The van der Waals surface area contributed by atoms with Crippen molar-refractivity contribution in [2.24, 2.45) is 0 Å². The van der Waals surface area contributed by atoms with E-state index in [0.29, 0.717) is 5.82 Å². The van der Waals surface area contributed by atoms with E-state index in [9.17, 15) is 5.11 Å². The number of rotatable bonds is 2. The molecule has 2 atom stereocenters. The van der Waals surface area contributed by atoms with Crippen molar-refractivity contribution in [2.45, 2.75) is 44.1 Å². The van der Waals surface area contributed by atoms with E-state index in [2.05, 4.69) is 17.1 Å². The number of anilines is 1. The van der Waals surface area contributed by atoms with Crippen molar-refractivity contribution in [3.8, 4) is 0 Å². The molecule has 1 aliphatic rings. The summed E-state index contributed by atoms with van der Waals surface area (Å²) in [5.41, 5.74) is 8.21. The Bertz CT molecular complexity index is 606. The lowest BCUT2D eigenvalue weighted by atomic mass is 9.68. The maximum Gasteiger partial charge on any atom is 0.129 e. The predicted molar refractivity (Wildman–Crippen MR) is 84.9 cm³/mol. The monoisotopic (exact) mass is 282 g/mol. The third-order valence-corrected chi connectivity index (χ3v) is 4.70. The van der Waals surface area contributed by atoms with Crippen molar-refractivity contribution in [1.29, 1.82) is 0 Å². The fourth-order valence-electron chi connectivity index (χ4n) is 3.73. The summed E-state index contributed by atoms with van der Waals surface area (Å²) in [5, 5.41) is 11.5. The Kier molecular flexibility index (Phi) is 3.68. The first kappa shape index (κ1) is 14.1. The summed E-state index contributed by atoms with van der Waals surface area (Å²) in [6.07, 6.45) is 5.59. The normalized spacial score (nSPS) is 25.7. The molecule has 0 radical (unpaired) electrons. The van der Waals surface area contributed by atoms with Gasteiger partial charge in [0.05, 0.1) is 0 Å². The van der Waals surface area contributed by atoms with E-state index in [-0.39, 0.29) is 5.92 Å².